The number of carbonyl (C=O) groups excluding carboxylic acids is 1. The molecule has 1 heterocycles. The van der Waals surface area contributed by atoms with E-state index < -0.39 is 16.8 Å². The monoisotopic (exact) mass is 358 g/mol. The Hall–Kier alpha value is -2.97. The summed E-state index contributed by atoms with van der Waals surface area (Å²) < 4.78 is 25.5. The average Bonchev–Trinajstić information content (AvgIpc) is 2.59. The fraction of sp³-hybridized carbons (Fsp3) is 0.0588. The Balaban J connectivity index is 2.14. The number of ether oxygens (including phenoxy) is 1. The summed E-state index contributed by atoms with van der Waals surface area (Å²) in [6.45, 7) is 0. The van der Waals surface area contributed by atoms with Gasteiger partial charge in [0.15, 0.2) is 5.75 Å². The lowest BCUT2D eigenvalue weighted by molar-refractivity contribution is -0.105. The van der Waals surface area contributed by atoms with Crippen LogP contribution in [0.5, 0.6) is 11.5 Å². The van der Waals surface area contributed by atoms with Crippen molar-refractivity contribution in [1.82, 2.24) is 0 Å². The largest absolute Gasteiger partial charge is 0.593 e. The number of hydrogen-bond acceptors (Lipinski definition) is 6. The van der Waals surface area contributed by atoms with E-state index in [1.807, 2.05) is 18.2 Å². The molecule has 0 aliphatic carbocycles. The van der Waals surface area contributed by atoms with E-state index in [0.717, 1.165) is 6.26 Å². The predicted octanol–water partition coefficient (Wildman–Crippen LogP) is 2.86. The molecule has 0 saturated carbocycles. The minimum atomic E-state index is -1.35. The maximum atomic E-state index is 12.4. The Morgan fingerprint density at radius 3 is 2.64 bits per heavy atom. The summed E-state index contributed by atoms with van der Waals surface area (Å²) >= 11 is -1.35. The van der Waals surface area contributed by atoms with Gasteiger partial charge in [-0.1, -0.05) is 18.2 Å². The first-order valence-electron chi connectivity index (χ1n) is 7.21. The van der Waals surface area contributed by atoms with Gasteiger partial charge in [0.05, 0.1) is 16.7 Å². The Labute approximate surface area is 145 Å². The lowest BCUT2D eigenvalue weighted by Crippen LogP contribution is -2.12. The van der Waals surface area contributed by atoms with E-state index in [2.05, 4.69) is 10.0 Å². The maximum absolute atomic E-state index is 12.4. The molecule has 0 bridgehead atoms. The van der Waals surface area contributed by atoms with Gasteiger partial charge in [-0.25, -0.2) is 4.72 Å². The number of para-hydroxylation sites is 1. The van der Waals surface area contributed by atoms with Crippen LogP contribution in [0.15, 0.2) is 57.9 Å². The molecular formula is C17H14N2O5S. The topological polar surface area (TPSA) is 104 Å². The minimum Gasteiger partial charge on any atom is -0.593 e. The lowest BCUT2D eigenvalue weighted by Gasteiger charge is -2.14. The molecule has 2 N–H and O–H groups in total. The first-order valence-corrected chi connectivity index (χ1v) is 8.77. The van der Waals surface area contributed by atoms with Crippen LogP contribution in [0.4, 0.5) is 11.4 Å². The van der Waals surface area contributed by atoms with Gasteiger partial charge in [-0.15, -0.1) is 0 Å². The van der Waals surface area contributed by atoms with Crippen molar-refractivity contribution in [3.8, 4) is 11.5 Å². The second-order valence-electron chi connectivity index (χ2n) is 5.06. The molecule has 1 amide bonds. The minimum absolute atomic E-state index is 0.0212. The second kappa shape index (κ2) is 7.29. The molecule has 7 nitrogen and oxygen atoms in total. The quantitative estimate of drug-likeness (QED) is 0.519. The van der Waals surface area contributed by atoms with Gasteiger partial charge in [-0.3, -0.25) is 9.59 Å². The van der Waals surface area contributed by atoms with Gasteiger partial charge in [-0.05, 0) is 18.2 Å². The van der Waals surface area contributed by atoms with Crippen LogP contribution in [0.2, 0.25) is 0 Å². The van der Waals surface area contributed by atoms with Crippen molar-refractivity contribution >= 4 is 40.1 Å². The van der Waals surface area contributed by atoms with Crippen LogP contribution in [-0.4, -0.2) is 17.2 Å². The van der Waals surface area contributed by atoms with Crippen LogP contribution >= 0.6 is 0 Å². The van der Waals surface area contributed by atoms with E-state index in [-0.39, 0.29) is 16.7 Å². The highest BCUT2D eigenvalue weighted by molar-refractivity contribution is 7.92. The van der Waals surface area contributed by atoms with E-state index in [9.17, 15) is 14.1 Å². The molecule has 0 aliphatic heterocycles. The number of benzene rings is 2. The van der Waals surface area contributed by atoms with E-state index >= 15 is 0 Å². The number of hydrogen-bond donors (Lipinski definition) is 2. The van der Waals surface area contributed by atoms with Crippen LogP contribution in [0.3, 0.4) is 0 Å². The maximum Gasteiger partial charge on any atom is 0.216 e. The van der Waals surface area contributed by atoms with Gasteiger partial charge < -0.3 is 19.0 Å². The zero-order valence-electron chi connectivity index (χ0n) is 13.1. The van der Waals surface area contributed by atoms with E-state index in [1.165, 1.54) is 18.4 Å². The van der Waals surface area contributed by atoms with Crippen molar-refractivity contribution in [3.05, 3.63) is 59.0 Å². The zero-order chi connectivity index (χ0) is 17.8. The van der Waals surface area contributed by atoms with Crippen molar-refractivity contribution in [3.63, 3.8) is 0 Å². The SMILES string of the molecule is C[S+]([O-])Nc1cc2occ(NC=O)c(=O)c2cc1Oc1ccccc1. The molecule has 0 spiro atoms. The summed E-state index contributed by atoms with van der Waals surface area (Å²) in [5.41, 5.74) is 0.301. The van der Waals surface area contributed by atoms with Gasteiger partial charge >= 0.3 is 0 Å². The number of nitrogens with one attached hydrogen (secondary N) is 2. The number of rotatable bonds is 6. The Morgan fingerprint density at radius 1 is 1.20 bits per heavy atom. The predicted molar refractivity (Wildman–Crippen MR) is 96.4 cm³/mol. The normalized spacial score (nSPS) is 11.8. The molecule has 128 valence electrons. The summed E-state index contributed by atoms with van der Waals surface area (Å²) in [6.07, 6.45) is 3.03. The third kappa shape index (κ3) is 3.76. The Kier molecular flexibility index (Phi) is 4.92. The van der Waals surface area contributed by atoms with Crippen LogP contribution in [0, 0.1) is 0 Å². The molecular weight excluding hydrogens is 344 g/mol. The van der Waals surface area contributed by atoms with Gasteiger partial charge in [0.25, 0.3) is 0 Å². The summed E-state index contributed by atoms with van der Waals surface area (Å²) in [5.74, 6) is 0.864. The molecule has 3 aromatic rings. The van der Waals surface area contributed by atoms with Crippen LogP contribution in [0.1, 0.15) is 0 Å². The number of carbonyl (C=O) groups is 1. The molecule has 1 unspecified atom stereocenters. The third-order valence-electron chi connectivity index (χ3n) is 3.31. The average molecular weight is 358 g/mol. The lowest BCUT2D eigenvalue weighted by atomic mass is 10.2. The smallest absolute Gasteiger partial charge is 0.216 e. The van der Waals surface area contributed by atoms with Crippen molar-refractivity contribution in [2.24, 2.45) is 0 Å². The summed E-state index contributed by atoms with van der Waals surface area (Å²) in [5, 5.41) is 2.52. The van der Waals surface area contributed by atoms with Crippen molar-refractivity contribution in [2.45, 2.75) is 0 Å². The summed E-state index contributed by atoms with van der Waals surface area (Å²) in [7, 11) is 0. The number of fused-ring (bicyclic) bond motifs is 1. The van der Waals surface area contributed by atoms with E-state index in [1.54, 1.807) is 12.1 Å². The number of amides is 1. The summed E-state index contributed by atoms with van der Waals surface area (Å²) in [6, 6.07) is 12.0. The molecule has 3 rings (SSSR count). The molecule has 2 aromatic carbocycles. The highest BCUT2D eigenvalue weighted by Gasteiger charge is 2.15. The molecule has 8 heteroatoms. The molecule has 0 radical (unpaired) electrons. The second-order valence-corrected chi connectivity index (χ2v) is 6.17. The fourth-order valence-corrected chi connectivity index (χ4v) is 2.72. The number of anilines is 2. The highest BCUT2D eigenvalue weighted by atomic mass is 32.2. The molecule has 1 atom stereocenters. The van der Waals surface area contributed by atoms with Crippen LogP contribution < -0.4 is 20.2 Å². The van der Waals surface area contributed by atoms with E-state index in [4.69, 9.17) is 9.15 Å². The van der Waals surface area contributed by atoms with Gasteiger partial charge in [0, 0.05) is 6.07 Å². The molecule has 25 heavy (non-hydrogen) atoms. The zero-order valence-corrected chi connectivity index (χ0v) is 14.0. The summed E-state index contributed by atoms with van der Waals surface area (Å²) in [4.78, 5) is 23.0. The van der Waals surface area contributed by atoms with Crippen molar-refractivity contribution in [1.29, 1.82) is 0 Å². The Morgan fingerprint density at radius 2 is 1.96 bits per heavy atom. The molecule has 0 saturated heterocycles. The van der Waals surface area contributed by atoms with Crippen molar-refractivity contribution < 1.29 is 18.5 Å². The van der Waals surface area contributed by atoms with Gasteiger partial charge in [0.2, 0.25) is 11.8 Å². The molecule has 0 fully saturated rings. The standard InChI is InChI=1S/C17H14N2O5S/c1-25(22)19-13-8-15-12(17(21)14(9-23-15)18-10-20)7-16(13)24-11-5-3-2-4-6-11/h2-10,19H,1H3,(H,18,20). The Bertz CT molecular complexity index is 956. The molecule has 0 aliphatic rings. The van der Waals surface area contributed by atoms with Crippen molar-refractivity contribution in [2.75, 3.05) is 16.3 Å². The fourth-order valence-electron chi connectivity index (χ4n) is 2.25. The third-order valence-corrected chi connectivity index (χ3v) is 3.82. The van der Waals surface area contributed by atoms with Gasteiger partial charge in [-0.2, -0.15) is 0 Å². The van der Waals surface area contributed by atoms with Crippen LogP contribution in [-0.2, 0) is 16.2 Å². The molecule has 1 aromatic heterocycles. The van der Waals surface area contributed by atoms with Crippen LogP contribution in [0.25, 0.3) is 11.0 Å². The highest BCUT2D eigenvalue weighted by Crippen LogP contribution is 2.34. The first-order chi connectivity index (χ1) is 12.1. The van der Waals surface area contributed by atoms with E-state index in [0.29, 0.717) is 23.6 Å². The first kappa shape index (κ1) is 16.9. The van der Waals surface area contributed by atoms with Gasteiger partial charge in [0.1, 0.15) is 35.2 Å².